The van der Waals surface area contributed by atoms with E-state index in [0.29, 0.717) is 0 Å². The molecule has 0 spiro atoms. The molecular formula is C11H19NSi. The van der Waals surface area contributed by atoms with Gasteiger partial charge in [0.2, 0.25) is 0 Å². The zero-order chi connectivity index (χ0) is 10.1. The van der Waals surface area contributed by atoms with Crippen molar-refractivity contribution in [1.29, 1.82) is 0 Å². The van der Waals surface area contributed by atoms with Crippen LogP contribution in [0.2, 0.25) is 13.1 Å². The fourth-order valence-electron chi connectivity index (χ4n) is 1.72. The Morgan fingerprint density at radius 2 is 1.92 bits per heavy atom. The molecule has 72 valence electrons. The van der Waals surface area contributed by atoms with Crippen molar-refractivity contribution in [2.45, 2.75) is 39.4 Å². The average molecular weight is 193 g/mol. The summed E-state index contributed by atoms with van der Waals surface area (Å²) in [6.45, 7) is 11.3. The molecule has 0 radical (unpaired) electrons. The van der Waals surface area contributed by atoms with Gasteiger partial charge in [-0.25, -0.2) is 0 Å². The molecule has 0 aromatic carbocycles. The summed E-state index contributed by atoms with van der Waals surface area (Å²) in [6, 6.07) is 0. The Balaban J connectivity index is 2.78. The van der Waals surface area contributed by atoms with Gasteiger partial charge < -0.3 is 4.98 Å². The van der Waals surface area contributed by atoms with Gasteiger partial charge in [0, 0.05) is 5.54 Å². The molecule has 0 atom stereocenters. The number of allylic oxidation sites excluding steroid dienone is 3. The Morgan fingerprint density at radius 1 is 1.31 bits per heavy atom. The summed E-state index contributed by atoms with van der Waals surface area (Å²) in [4.78, 5) is 3.71. The van der Waals surface area contributed by atoms with Crippen LogP contribution < -0.4 is 4.98 Å². The second-order valence-electron chi connectivity index (χ2n) is 5.08. The molecule has 0 bridgehead atoms. The minimum absolute atomic E-state index is 0.195. The molecule has 1 nitrogen and oxygen atoms in total. The predicted molar refractivity (Wildman–Crippen MR) is 61.1 cm³/mol. The summed E-state index contributed by atoms with van der Waals surface area (Å²) in [7, 11) is -1.47. The van der Waals surface area contributed by atoms with E-state index < -0.39 is 8.24 Å². The van der Waals surface area contributed by atoms with Crippen LogP contribution in [0.4, 0.5) is 0 Å². The van der Waals surface area contributed by atoms with Crippen LogP contribution in [0, 0.1) is 0 Å². The van der Waals surface area contributed by atoms with E-state index in [1.165, 1.54) is 5.20 Å². The first-order valence-electron chi connectivity index (χ1n) is 4.74. The highest BCUT2D eigenvalue weighted by molar-refractivity contribution is 6.82. The smallest absolute Gasteiger partial charge is 0.160 e. The zero-order valence-electron chi connectivity index (χ0n) is 9.23. The van der Waals surface area contributed by atoms with Crippen LogP contribution in [0.1, 0.15) is 20.8 Å². The summed E-state index contributed by atoms with van der Waals surface area (Å²) in [5, 5.41) is 1.36. The van der Waals surface area contributed by atoms with E-state index in [1.54, 1.807) is 0 Å². The van der Waals surface area contributed by atoms with Gasteiger partial charge in [0.05, 0.1) is 0 Å². The average Bonchev–Trinajstić information content (AvgIpc) is 2.29. The van der Waals surface area contributed by atoms with Crippen molar-refractivity contribution < 1.29 is 0 Å². The third-order valence-corrected chi connectivity index (χ3v) is 4.99. The molecule has 1 aliphatic carbocycles. The third-order valence-electron chi connectivity index (χ3n) is 1.96. The summed E-state index contributed by atoms with van der Waals surface area (Å²) in [5.41, 5.74) is 3.49. The molecule has 0 aliphatic heterocycles. The summed E-state index contributed by atoms with van der Waals surface area (Å²) >= 11 is 0. The van der Waals surface area contributed by atoms with Crippen molar-refractivity contribution in [3.63, 3.8) is 0 Å². The summed E-state index contributed by atoms with van der Waals surface area (Å²) in [5.74, 6) is 0. The predicted octanol–water partition coefficient (Wildman–Crippen LogP) is 2.77. The number of hydrogen-bond donors (Lipinski definition) is 1. The Morgan fingerprint density at radius 3 is 2.31 bits per heavy atom. The topological polar surface area (TPSA) is 12.0 Å². The number of nitrogens with one attached hydrogen (secondary N) is 1. The van der Waals surface area contributed by atoms with E-state index in [9.17, 15) is 0 Å². The minimum Gasteiger partial charge on any atom is -0.329 e. The number of hydrogen-bond acceptors (Lipinski definition) is 1. The molecule has 0 unspecified atom stereocenters. The molecule has 0 aromatic rings. The van der Waals surface area contributed by atoms with E-state index in [1.807, 2.05) is 6.08 Å². The van der Waals surface area contributed by atoms with Crippen molar-refractivity contribution in [3.05, 3.63) is 29.2 Å². The fourth-order valence-corrected chi connectivity index (χ4v) is 4.69. The summed E-state index contributed by atoms with van der Waals surface area (Å²) in [6.07, 6.45) is 6.23. The molecule has 0 amide bonds. The monoisotopic (exact) mass is 193 g/mol. The second-order valence-corrected chi connectivity index (χ2v) is 9.12. The molecule has 0 heterocycles. The first kappa shape index (κ1) is 10.5. The standard InChI is InChI=1S/C11H19NSi/c1-11(2,3)12-13(4,5)10-8-6-7-9-10/h6-8,12H,1-5H3. The minimum atomic E-state index is -1.47. The molecule has 0 aromatic heterocycles. The Bertz CT molecular complexity index is 286. The first-order chi connectivity index (χ1) is 5.81. The third kappa shape index (κ3) is 3.00. The second kappa shape index (κ2) is 3.30. The van der Waals surface area contributed by atoms with Crippen LogP contribution in [-0.4, -0.2) is 13.8 Å². The maximum Gasteiger partial charge on any atom is 0.160 e. The lowest BCUT2D eigenvalue weighted by Crippen LogP contribution is -2.55. The van der Waals surface area contributed by atoms with Crippen molar-refractivity contribution in [2.75, 3.05) is 0 Å². The molecule has 13 heavy (non-hydrogen) atoms. The van der Waals surface area contributed by atoms with Gasteiger partial charge in [0.25, 0.3) is 0 Å². The highest BCUT2D eigenvalue weighted by atomic mass is 28.3. The largest absolute Gasteiger partial charge is 0.329 e. The van der Waals surface area contributed by atoms with Crippen LogP contribution in [0.5, 0.6) is 0 Å². The van der Waals surface area contributed by atoms with Gasteiger partial charge in [-0.1, -0.05) is 25.2 Å². The fraction of sp³-hybridized carbons (Fsp3) is 0.545. The maximum absolute atomic E-state index is 3.71. The van der Waals surface area contributed by atoms with Crippen molar-refractivity contribution >= 4 is 8.24 Å². The van der Waals surface area contributed by atoms with E-state index in [2.05, 4.69) is 56.7 Å². The number of rotatable bonds is 2. The highest BCUT2D eigenvalue weighted by Gasteiger charge is 2.29. The van der Waals surface area contributed by atoms with Gasteiger partial charge in [0.1, 0.15) is 0 Å². The van der Waals surface area contributed by atoms with Gasteiger partial charge in [-0.05, 0) is 32.0 Å². The van der Waals surface area contributed by atoms with E-state index in [0.717, 1.165) is 0 Å². The summed E-state index contributed by atoms with van der Waals surface area (Å²) < 4.78 is 0. The van der Waals surface area contributed by atoms with Crippen LogP contribution in [-0.2, 0) is 0 Å². The van der Waals surface area contributed by atoms with Crippen molar-refractivity contribution in [3.8, 4) is 0 Å². The van der Waals surface area contributed by atoms with Gasteiger partial charge in [-0.2, -0.15) is 0 Å². The molecule has 1 N–H and O–H groups in total. The van der Waals surface area contributed by atoms with Crippen molar-refractivity contribution in [2.24, 2.45) is 0 Å². The zero-order valence-corrected chi connectivity index (χ0v) is 10.2. The van der Waals surface area contributed by atoms with Gasteiger partial charge in [-0.15, -0.1) is 5.73 Å². The Hall–Kier alpha value is -0.563. The molecule has 0 saturated heterocycles. The van der Waals surface area contributed by atoms with Crippen LogP contribution >= 0.6 is 0 Å². The van der Waals surface area contributed by atoms with Crippen LogP contribution in [0.3, 0.4) is 0 Å². The van der Waals surface area contributed by atoms with Crippen LogP contribution in [0.25, 0.3) is 0 Å². The molecule has 1 rings (SSSR count). The normalized spacial score (nSPS) is 16.5. The van der Waals surface area contributed by atoms with Gasteiger partial charge in [0.15, 0.2) is 8.24 Å². The van der Waals surface area contributed by atoms with E-state index >= 15 is 0 Å². The maximum atomic E-state index is 3.71. The van der Waals surface area contributed by atoms with Crippen molar-refractivity contribution in [1.82, 2.24) is 4.98 Å². The molecule has 1 aliphatic rings. The molecule has 0 fully saturated rings. The molecular weight excluding hydrogens is 174 g/mol. The quantitative estimate of drug-likeness (QED) is 0.525. The lowest BCUT2D eigenvalue weighted by atomic mass is 10.1. The molecule has 0 saturated carbocycles. The highest BCUT2D eigenvalue weighted by Crippen LogP contribution is 2.18. The van der Waals surface area contributed by atoms with Gasteiger partial charge in [-0.3, -0.25) is 0 Å². The Labute approximate surface area is 82.3 Å². The van der Waals surface area contributed by atoms with Gasteiger partial charge >= 0.3 is 0 Å². The lowest BCUT2D eigenvalue weighted by Gasteiger charge is -2.33. The van der Waals surface area contributed by atoms with E-state index in [4.69, 9.17) is 0 Å². The Kier molecular flexibility index (Phi) is 2.67. The lowest BCUT2D eigenvalue weighted by molar-refractivity contribution is 0.514. The molecule has 2 heteroatoms. The first-order valence-corrected chi connectivity index (χ1v) is 7.74. The van der Waals surface area contributed by atoms with Crippen LogP contribution in [0.15, 0.2) is 29.2 Å². The SMILES string of the molecule is CC(C)(C)N[Si](C)(C)C1=C=CC=C1. The van der Waals surface area contributed by atoms with E-state index in [-0.39, 0.29) is 5.54 Å².